The monoisotopic (exact) mass is 546 g/mol. The molecule has 3 aliphatic heterocycles. The second-order valence-corrected chi connectivity index (χ2v) is 11.8. The number of benzene rings is 2. The number of amides is 1. The van der Waals surface area contributed by atoms with E-state index in [4.69, 9.17) is 5.10 Å². The zero-order valence-corrected chi connectivity index (χ0v) is 23.6. The fraction of sp³-hybridized carbons (Fsp3) is 0.382. The van der Waals surface area contributed by atoms with Crippen LogP contribution in [0.5, 0.6) is 0 Å². The average Bonchev–Trinajstić information content (AvgIpc) is 3.58. The van der Waals surface area contributed by atoms with Crippen LogP contribution < -0.4 is 5.32 Å². The normalized spacial score (nSPS) is 20.0. The third kappa shape index (κ3) is 5.56. The molecule has 0 radical (unpaired) electrons. The van der Waals surface area contributed by atoms with Gasteiger partial charge < -0.3 is 10.2 Å². The van der Waals surface area contributed by atoms with Crippen LogP contribution in [-0.4, -0.2) is 62.7 Å². The third-order valence-electron chi connectivity index (χ3n) is 9.05. The van der Waals surface area contributed by atoms with Gasteiger partial charge >= 0.3 is 0 Å². The van der Waals surface area contributed by atoms with Gasteiger partial charge in [-0.15, -0.1) is 0 Å². The number of hydrogen-bond acceptors (Lipinski definition) is 5. The van der Waals surface area contributed by atoms with Gasteiger partial charge in [0.2, 0.25) is 0 Å². The number of carbonyl (C=O) groups excluding carboxylic acids is 1. The van der Waals surface area contributed by atoms with E-state index in [1.54, 1.807) is 0 Å². The Morgan fingerprint density at radius 2 is 1.76 bits per heavy atom. The number of nitrogens with zero attached hydrogens (tertiary/aromatic N) is 5. The maximum absolute atomic E-state index is 13.1. The van der Waals surface area contributed by atoms with Crippen LogP contribution in [0.4, 0.5) is 0 Å². The summed E-state index contributed by atoms with van der Waals surface area (Å²) in [5.74, 6) is 0.753. The van der Waals surface area contributed by atoms with Crippen molar-refractivity contribution in [3.05, 3.63) is 107 Å². The van der Waals surface area contributed by atoms with Crippen molar-refractivity contribution in [2.75, 3.05) is 26.2 Å². The second-order valence-electron chi connectivity index (χ2n) is 11.8. The number of piperidine rings is 2. The fourth-order valence-corrected chi connectivity index (χ4v) is 6.81. The molecule has 0 spiro atoms. The lowest BCUT2D eigenvalue weighted by Crippen LogP contribution is -2.46. The molecule has 3 aliphatic rings. The summed E-state index contributed by atoms with van der Waals surface area (Å²) in [7, 11) is 0. The molecule has 1 amide bonds. The van der Waals surface area contributed by atoms with Gasteiger partial charge in [0.25, 0.3) is 5.91 Å². The minimum atomic E-state index is 0.215. The number of aromatic nitrogens is 3. The van der Waals surface area contributed by atoms with Gasteiger partial charge in [0, 0.05) is 37.4 Å². The van der Waals surface area contributed by atoms with Gasteiger partial charge in [0.15, 0.2) is 0 Å². The molecule has 1 N–H and O–H groups in total. The molecular weight excluding hydrogens is 508 g/mol. The summed E-state index contributed by atoms with van der Waals surface area (Å²) in [6, 6.07) is 25.7. The van der Waals surface area contributed by atoms with Gasteiger partial charge in [0.05, 0.1) is 23.6 Å². The predicted octanol–water partition coefficient (Wildman–Crippen LogP) is 5.08. The van der Waals surface area contributed by atoms with E-state index in [1.807, 2.05) is 24.4 Å². The van der Waals surface area contributed by atoms with E-state index in [1.165, 1.54) is 16.7 Å². The summed E-state index contributed by atoms with van der Waals surface area (Å²) in [6.45, 7) is 6.41. The quantitative estimate of drug-likeness (QED) is 0.350. The topological polar surface area (TPSA) is 66.3 Å². The minimum absolute atomic E-state index is 0.215. The molecule has 2 aromatic heterocycles. The first-order valence-corrected chi connectivity index (χ1v) is 15.1. The van der Waals surface area contributed by atoms with Crippen molar-refractivity contribution in [1.29, 1.82) is 0 Å². The standard InChI is InChI=1S/C34H38N6O/c41-34-31-12-11-27(19-28(31)23-39(34)30-9-6-15-35-21-30)26-13-17-38(18-14-26)24-29-20-33(32-10-4-5-16-36-32)40(37-29)22-25-7-2-1-3-8-25/h1-5,7-8,10-12,16,19-20,26,30,35H,6,9,13-15,17-18,21-24H2. The number of likely N-dealkylation sites (tertiary alicyclic amines) is 1. The van der Waals surface area contributed by atoms with Gasteiger partial charge in [-0.25, -0.2) is 0 Å². The van der Waals surface area contributed by atoms with Gasteiger partial charge in [-0.3, -0.25) is 19.4 Å². The lowest BCUT2D eigenvalue weighted by Gasteiger charge is -2.32. The molecule has 7 rings (SSSR count). The molecule has 2 saturated heterocycles. The molecule has 4 aromatic rings. The van der Waals surface area contributed by atoms with Crippen molar-refractivity contribution in [2.45, 2.75) is 57.3 Å². The van der Waals surface area contributed by atoms with Crippen LogP contribution in [0.2, 0.25) is 0 Å². The van der Waals surface area contributed by atoms with Crippen LogP contribution in [0.1, 0.15) is 64.3 Å². The molecule has 1 atom stereocenters. The summed E-state index contributed by atoms with van der Waals surface area (Å²) in [6.07, 6.45) is 6.35. The Kier molecular flexibility index (Phi) is 7.38. The fourth-order valence-electron chi connectivity index (χ4n) is 6.81. The molecule has 1 unspecified atom stereocenters. The van der Waals surface area contributed by atoms with E-state index in [0.29, 0.717) is 12.0 Å². The number of hydrogen-bond donors (Lipinski definition) is 1. The van der Waals surface area contributed by atoms with Crippen LogP contribution in [0.3, 0.4) is 0 Å². The first kappa shape index (κ1) is 26.1. The van der Waals surface area contributed by atoms with Crippen LogP contribution in [0, 0.1) is 0 Å². The Morgan fingerprint density at radius 1 is 0.902 bits per heavy atom. The molecule has 0 bridgehead atoms. The summed E-state index contributed by atoms with van der Waals surface area (Å²) >= 11 is 0. The minimum Gasteiger partial charge on any atom is -0.330 e. The Balaban J connectivity index is 1.01. The number of fused-ring (bicyclic) bond motifs is 1. The van der Waals surface area contributed by atoms with Crippen molar-refractivity contribution >= 4 is 5.91 Å². The Morgan fingerprint density at radius 3 is 2.54 bits per heavy atom. The highest BCUT2D eigenvalue weighted by atomic mass is 16.2. The maximum atomic E-state index is 13.1. The van der Waals surface area contributed by atoms with Gasteiger partial charge in [-0.2, -0.15) is 5.10 Å². The Labute approximate surface area is 242 Å². The lowest BCUT2D eigenvalue weighted by atomic mass is 9.88. The van der Waals surface area contributed by atoms with Gasteiger partial charge in [-0.05, 0) is 92.2 Å². The molecule has 7 heteroatoms. The van der Waals surface area contributed by atoms with E-state index in [0.717, 1.165) is 94.1 Å². The van der Waals surface area contributed by atoms with Crippen LogP contribution >= 0.6 is 0 Å². The predicted molar refractivity (Wildman–Crippen MR) is 160 cm³/mol. The summed E-state index contributed by atoms with van der Waals surface area (Å²) < 4.78 is 2.10. The van der Waals surface area contributed by atoms with E-state index >= 15 is 0 Å². The summed E-state index contributed by atoms with van der Waals surface area (Å²) in [5, 5.41) is 8.50. The molecule has 7 nitrogen and oxygen atoms in total. The summed E-state index contributed by atoms with van der Waals surface area (Å²) in [4.78, 5) is 22.3. The van der Waals surface area contributed by atoms with Crippen molar-refractivity contribution in [1.82, 2.24) is 29.9 Å². The molecule has 5 heterocycles. The molecule has 41 heavy (non-hydrogen) atoms. The Hall–Kier alpha value is -3.81. The van der Waals surface area contributed by atoms with Crippen LogP contribution in [-0.2, 0) is 19.6 Å². The third-order valence-corrected chi connectivity index (χ3v) is 9.05. The van der Waals surface area contributed by atoms with Crippen molar-refractivity contribution < 1.29 is 4.79 Å². The number of pyridine rings is 1. The van der Waals surface area contributed by atoms with E-state index < -0.39 is 0 Å². The molecule has 210 valence electrons. The van der Waals surface area contributed by atoms with Crippen molar-refractivity contribution in [2.24, 2.45) is 0 Å². The molecule has 2 fully saturated rings. The first-order valence-electron chi connectivity index (χ1n) is 15.1. The second kappa shape index (κ2) is 11.6. The highest BCUT2D eigenvalue weighted by Crippen LogP contribution is 2.34. The largest absolute Gasteiger partial charge is 0.330 e. The van der Waals surface area contributed by atoms with Gasteiger partial charge in [0.1, 0.15) is 0 Å². The van der Waals surface area contributed by atoms with E-state index in [2.05, 4.69) is 79.4 Å². The van der Waals surface area contributed by atoms with Crippen molar-refractivity contribution in [3.63, 3.8) is 0 Å². The SMILES string of the molecule is O=C1c2ccc(C3CCN(Cc4cc(-c5ccccn5)n(Cc5ccccc5)n4)CC3)cc2CN1C1CCCNC1. The van der Waals surface area contributed by atoms with E-state index in [9.17, 15) is 4.79 Å². The summed E-state index contributed by atoms with van der Waals surface area (Å²) in [5.41, 5.74) is 7.85. The van der Waals surface area contributed by atoms with E-state index in [-0.39, 0.29) is 5.91 Å². The van der Waals surface area contributed by atoms with Crippen LogP contribution in [0.15, 0.2) is 79.0 Å². The highest BCUT2D eigenvalue weighted by Gasteiger charge is 2.34. The van der Waals surface area contributed by atoms with Crippen molar-refractivity contribution in [3.8, 4) is 11.4 Å². The number of nitrogens with one attached hydrogen (secondary N) is 1. The average molecular weight is 547 g/mol. The highest BCUT2D eigenvalue weighted by molar-refractivity contribution is 5.98. The number of rotatable bonds is 7. The molecule has 0 aliphatic carbocycles. The smallest absolute Gasteiger partial charge is 0.254 e. The zero-order valence-electron chi connectivity index (χ0n) is 23.6. The first-order chi connectivity index (χ1) is 20.2. The Bertz CT molecular complexity index is 1490. The van der Waals surface area contributed by atoms with Crippen LogP contribution in [0.25, 0.3) is 11.4 Å². The molecular formula is C34H38N6O. The molecule has 2 aromatic carbocycles. The molecule has 0 saturated carbocycles. The zero-order chi connectivity index (χ0) is 27.6. The van der Waals surface area contributed by atoms with Gasteiger partial charge in [-0.1, -0.05) is 48.5 Å². The lowest BCUT2D eigenvalue weighted by molar-refractivity contribution is 0.0674. The number of carbonyl (C=O) groups is 1. The maximum Gasteiger partial charge on any atom is 0.254 e.